The molecule has 0 aromatic carbocycles. The van der Waals surface area contributed by atoms with Crippen LogP contribution in [0.3, 0.4) is 0 Å². The van der Waals surface area contributed by atoms with Crippen LogP contribution in [0.25, 0.3) is 0 Å². The molecule has 0 atom stereocenters. The van der Waals surface area contributed by atoms with E-state index in [2.05, 4.69) is 20.8 Å². The van der Waals surface area contributed by atoms with Gasteiger partial charge in [-0.1, -0.05) is 11.3 Å². The standard InChI is InChI=1S/C11H18N4OS.ClH/c1-8-14-15-11(17-8)13-10(16)3-2-9-4-6-12-7-5-9;/h9,12H,2-7H2,1H3,(H,13,15,16);1H. The van der Waals surface area contributed by atoms with Crippen LogP contribution in [0, 0.1) is 12.8 Å². The number of amides is 1. The van der Waals surface area contributed by atoms with Gasteiger partial charge in [0, 0.05) is 6.42 Å². The highest BCUT2D eigenvalue weighted by atomic mass is 35.5. The summed E-state index contributed by atoms with van der Waals surface area (Å²) in [6.07, 6.45) is 3.94. The maximum atomic E-state index is 11.7. The Morgan fingerprint density at radius 3 is 2.78 bits per heavy atom. The third-order valence-corrected chi connectivity index (χ3v) is 3.76. The smallest absolute Gasteiger partial charge is 0.226 e. The summed E-state index contributed by atoms with van der Waals surface area (Å²) in [5, 5.41) is 15.3. The van der Waals surface area contributed by atoms with E-state index in [0.717, 1.165) is 24.5 Å². The van der Waals surface area contributed by atoms with Crippen LogP contribution >= 0.6 is 23.7 Å². The lowest BCUT2D eigenvalue weighted by atomic mass is 9.93. The number of nitrogens with one attached hydrogen (secondary N) is 2. The summed E-state index contributed by atoms with van der Waals surface area (Å²) in [5.74, 6) is 0.748. The summed E-state index contributed by atoms with van der Waals surface area (Å²) in [6, 6.07) is 0. The van der Waals surface area contributed by atoms with Gasteiger partial charge in [-0.3, -0.25) is 4.79 Å². The van der Waals surface area contributed by atoms with Gasteiger partial charge in [-0.05, 0) is 45.2 Å². The predicted octanol–water partition coefficient (Wildman–Crippen LogP) is 1.99. The van der Waals surface area contributed by atoms with E-state index in [1.807, 2.05) is 6.92 Å². The lowest BCUT2D eigenvalue weighted by Crippen LogP contribution is -2.28. The monoisotopic (exact) mass is 290 g/mol. The number of nitrogens with zero attached hydrogens (tertiary/aromatic N) is 2. The van der Waals surface area contributed by atoms with Gasteiger partial charge in [0.25, 0.3) is 0 Å². The molecule has 18 heavy (non-hydrogen) atoms. The molecular weight excluding hydrogens is 272 g/mol. The molecule has 0 bridgehead atoms. The van der Waals surface area contributed by atoms with Crippen molar-refractivity contribution in [3.8, 4) is 0 Å². The SMILES string of the molecule is Cc1nnc(NC(=O)CCC2CCNCC2)s1.Cl. The molecule has 1 saturated heterocycles. The van der Waals surface area contributed by atoms with E-state index in [9.17, 15) is 4.79 Å². The fourth-order valence-corrected chi connectivity index (χ4v) is 2.64. The molecule has 1 fully saturated rings. The van der Waals surface area contributed by atoms with E-state index in [1.54, 1.807) is 0 Å². The Morgan fingerprint density at radius 2 is 2.17 bits per heavy atom. The molecule has 0 aliphatic carbocycles. The Hall–Kier alpha value is -0.720. The van der Waals surface area contributed by atoms with E-state index in [4.69, 9.17) is 0 Å². The first-order chi connectivity index (χ1) is 8.24. The minimum absolute atomic E-state index is 0. The number of aryl methyl sites for hydroxylation is 1. The maximum Gasteiger partial charge on any atom is 0.226 e. The Labute approximate surface area is 117 Å². The van der Waals surface area contributed by atoms with Gasteiger partial charge in [0.05, 0.1) is 0 Å². The van der Waals surface area contributed by atoms with E-state index in [1.165, 1.54) is 24.2 Å². The van der Waals surface area contributed by atoms with Gasteiger partial charge in [0.2, 0.25) is 11.0 Å². The summed E-state index contributed by atoms with van der Waals surface area (Å²) >= 11 is 1.41. The van der Waals surface area contributed by atoms with Crippen molar-refractivity contribution in [3.05, 3.63) is 5.01 Å². The van der Waals surface area contributed by atoms with Crippen LogP contribution in [-0.2, 0) is 4.79 Å². The van der Waals surface area contributed by atoms with Crippen molar-refractivity contribution in [2.45, 2.75) is 32.6 Å². The molecule has 102 valence electrons. The average molecular weight is 291 g/mol. The van der Waals surface area contributed by atoms with Crippen LogP contribution in [0.4, 0.5) is 5.13 Å². The quantitative estimate of drug-likeness (QED) is 0.890. The molecule has 0 radical (unpaired) electrons. The molecule has 1 amide bonds. The fraction of sp³-hybridized carbons (Fsp3) is 0.727. The number of rotatable bonds is 4. The Kier molecular flexibility index (Phi) is 6.52. The molecule has 2 rings (SSSR count). The molecule has 0 unspecified atom stereocenters. The van der Waals surface area contributed by atoms with Crippen LogP contribution in [0.15, 0.2) is 0 Å². The van der Waals surface area contributed by atoms with E-state index in [-0.39, 0.29) is 18.3 Å². The zero-order valence-corrected chi connectivity index (χ0v) is 12.1. The van der Waals surface area contributed by atoms with Crippen molar-refractivity contribution in [3.63, 3.8) is 0 Å². The average Bonchev–Trinajstić information content (AvgIpc) is 2.73. The normalized spacial score (nSPS) is 16.1. The number of hydrogen-bond donors (Lipinski definition) is 2. The molecule has 5 nitrogen and oxygen atoms in total. The number of anilines is 1. The van der Waals surface area contributed by atoms with Crippen molar-refractivity contribution in [2.75, 3.05) is 18.4 Å². The second-order valence-electron chi connectivity index (χ2n) is 4.41. The Bertz CT molecular complexity index is 379. The first-order valence-electron chi connectivity index (χ1n) is 6.04. The predicted molar refractivity (Wildman–Crippen MR) is 75.4 cm³/mol. The number of hydrogen-bond acceptors (Lipinski definition) is 5. The first kappa shape index (κ1) is 15.3. The summed E-state index contributed by atoms with van der Waals surface area (Å²) in [7, 11) is 0. The Morgan fingerprint density at radius 1 is 1.44 bits per heavy atom. The molecule has 1 aliphatic rings. The van der Waals surface area contributed by atoms with Gasteiger partial charge in [0.15, 0.2) is 0 Å². The molecule has 2 N–H and O–H groups in total. The maximum absolute atomic E-state index is 11.7. The third kappa shape index (κ3) is 4.88. The van der Waals surface area contributed by atoms with Crippen molar-refractivity contribution < 1.29 is 4.79 Å². The number of halogens is 1. The summed E-state index contributed by atoms with van der Waals surface area (Å²) < 4.78 is 0. The van der Waals surface area contributed by atoms with Crippen molar-refractivity contribution in [1.29, 1.82) is 0 Å². The molecular formula is C11H19ClN4OS. The number of piperidine rings is 1. The van der Waals surface area contributed by atoms with Gasteiger partial charge in [0.1, 0.15) is 5.01 Å². The summed E-state index contributed by atoms with van der Waals surface area (Å²) in [5.41, 5.74) is 0. The highest BCUT2D eigenvalue weighted by Gasteiger charge is 2.15. The highest BCUT2D eigenvalue weighted by Crippen LogP contribution is 2.19. The van der Waals surface area contributed by atoms with E-state index >= 15 is 0 Å². The van der Waals surface area contributed by atoms with Crippen LogP contribution < -0.4 is 10.6 Å². The summed E-state index contributed by atoms with van der Waals surface area (Å²) in [4.78, 5) is 11.7. The molecule has 1 aromatic heterocycles. The number of aromatic nitrogens is 2. The van der Waals surface area contributed by atoms with Crippen LogP contribution in [0.5, 0.6) is 0 Å². The van der Waals surface area contributed by atoms with Crippen molar-refractivity contribution >= 4 is 34.8 Å². The number of carbonyl (C=O) groups excluding carboxylic acids is 1. The minimum atomic E-state index is 0. The van der Waals surface area contributed by atoms with Crippen LogP contribution in [0.1, 0.15) is 30.7 Å². The Balaban J connectivity index is 0.00000162. The molecule has 0 saturated carbocycles. The lowest BCUT2D eigenvalue weighted by molar-refractivity contribution is -0.116. The zero-order chi connectivity index (χ0) is 12.1. The molecule has 1 aliphatic heterocycles. The van der Waals surface area contributed by atoms with Gasteiger partial charge < -0.3 is 10.6 Å². The first-order valence-corrected chi connectivity index (χ1v) is 6.86. The minimum Gasteiger partial charge on any atom is -0.317 e. The molecule has 0 spiro atoms. The van der Waals surface area contributed by atoms with Crippen LogP contribution in [-0.4, -0.2) is 29.2 Å². The van der Waals surface area contributed by atoms with E-state index < -0.39 is 0 Å². The third-order valence-electron chi connectivity index (χ3n) is 3.01. The van der Waals surface area contributed by atoms with Gasteiger partial charge in [-0.25, -0.2) is 0 Å². The lowest BCUT2D eigenvalue weighted by Gasteiger charge is -2.21. The van der Waals surface area contributed by atoms with Gasteiger partial charge in [-0.2, -0.15) is 0 Å². The molecule has 2 heterocycles. The number of carbonyl (C=O) groups is 1. The largest absolute Gasteiger partial charge is 0.317 e. The summed E-state index contributed by atoms with van der Waals surface area (Å²) in [6.45, 7) is 4.05. The van der Waals surface area contributed by atoms with Gasteiger partial charge >= 0.3 is 0 Å². The van der Waals surface area contributed by atoms with Crippen LogP contribution in [0.2, 0.25) is 0 Å². The van der Waals surface area contributed by atoms with E-state index in [0.29, 0.717) is 17.5 Å². The second-order valence-corrected chi connectivity index (χ2v) is 5.59. The van der Waals surface area contributed by atoms with Crippen molar-refractivity contribution in [2.24, 2.45) is 5.92 Å². The second kappa shape index (κ2) is 7.66. The zero-order valence-electron chi connectivity index (χ0n) is 10.4. The molecule has 7 heteroatoms. The van der Waals surface area contributed by atoms with Crippen molar-refractivity contribution in [1.82, 2.24) is 15.5 Å². The molecule has 1 aromatic rings. The van der Waals surface area contributed by atoms with Gasteiger partial charge in [-0.15, -0.1) is 22.6 Å². The topological polar surface area (TPSA) is 66.9 Å². The highest BCUT2D eigenvalue weighted by molar-refractivity contribution is 7.15. The fourth-order valence-electron chi connectivity index (χ4n) is 2.03.